The molecule has 0 atom stereocenters. The lowest BCUT2D eigenvalue weighted by Gasteiger charge is -2.08. The predicted octanol–water partition coefficient (Wildman–Crippen LogP) is 3.39. The average Bonchev–Trinajstić information content (AvgIpc) is 2.63. The van der Waals surface area contributed by atoms with E-state index in [2.05, 4.69) is 25.6 Å². The molecular weight excluding hydrogens is 326 g/mol. The third-order valence-electron chi connectivity index (χ3n) is 3.18. The number of nitrogens with zero attached hydrogens (tertiary/aromatic N) is 3. The van der Waals surface area contributed by atoms with Crippen molar-refractivity contribution in [2.24, 2.45) is 0 Å². The Kier molecular flexibility index (Phi) is 4.98. The average molecular weight is 340 g/mol. The van der Waals surface area contributed by atoms with Crippen molar-refractivity contribution in [3.05, 3.63) is 77.3 Å². The SMILES string of the molecule is O=C(Nc1ccccc1Cl)c1ccnc(NCc2cccnc2)n1. The lowest BCUT2D eigenvalue weighted by molar-refractivity contribution is 0.102. The standard InChI is InChI=1S/C17H14ClN5O/c18-13-5-1-2-6-14(13)22-16(24)15-7-9-20-17(23-15)21-11-12-4-3-8-19-10-12/h1-10H,11H2,(H,22,24)(H,20,21,23). The van der Waals surface area contributed by atoms with Gasteiger partial charge in [-0.2, -0.15) is 0 Å². The largest absolute Gasteiger partial charge is 0.350 e. The number of carbonyl (C=O) groups excluding carboxylic acids is 1. The Morgan fingerprint density at radius 1 is 1.08 bits per heavy atom. The van der Waals surface area contributed by atoms with Crippen LogP contribution in [0.1, 0.15) is 16.1 Å². The fraction of sp³-hybridized carbons (Fsp3) is 0.0588. The summed E-state index contributed by atoms with van der Waals surface area (Å²) in [4.78, 5) is 24.7. The topological polar surface area (TPSA) is 79.8 Å². The van der Waals surface area contributed by atoms with Gasteiger partial charge in [0.05, 0.1) is 10.7 Å². The van der Waals surface area contributed by atoms with Gasteiger partial charge < -0.3 is 10.6 Å². The van der Waals surface area contributed by atoms with Crippen LogP contribution in [0.5, 0.6) is 0 Å². The number of hydrogen-bond donors (Lipinski definition) is 2. The highest BCUT2D eigenvalue weighted by Gasteiger charge is 2.10. The van der Waals surface area contributed by atoms with Crippen molar-refractivity contribution in [2.45, 2.75) is 6.54 Å². The van der Waals surface area contributed by atoms with Crippen LogP contribution in [0.25, 0.3) is 0 Å². The van der Waals surface area contributed by atoms with E-state index in [4.69, 9.17) is 11.6 Å². The van der Waals surface area contributed by atoms with Gasteiger partial charge in [-0.25, -0.2) is 9.97 Å². The van der Waals surface area contributed by atoms with Gasteiger partial charge in [-0.1, -0.05) is 29.8 Å². The minimum absolute atomic E-state index is 0.249. The molecule has 0 aliphatic heterocycles. The van der Waals surface area contributed by atoms with Gasteiger partial charge in [-0.15, -0.1) is 0 Å². The zero-order valence-electron chi connectivity index (χ0n) is 12.6. The number of rotatable bonds is 5. The fourth-order valence-corrected chi connectivity index (χ4v) is 2.19. The third kappa shape index (κ3) is 4.05. The van der Waals surface area contributed by atoms with Gasteiger partial charge in [0.1, 0.15) is 5.69 Å². The maximum atomic E-state index is 12.3. The molecule has 2 aromatic heterocycles. The maximum Gasteiger partial charge on any atom is 0.274 e. The second-order valence-corrected chi connectivity index (χ2v) is 5.32. The summed E-state index contributed by atoms with van der Waals surface area (Å²) in [7, 11) is 0. The molecular formula is C17H14ClN5O. The number of para-hydroxylation sites is 1. The highest BCUT2D eigenvalue weighted by molar-refractivity contribution is 6.33. The molecule has 0 spiro atoms. The summed E-state index contributed by atoms with van der Waals surface area (Å²) in [6.45, 7) is 0.517. The molecule has 24 heavy (non-hydrogen) atoms. The van der Waals surface area contributed by atoms with Crippen molar-refractivity contribution in [1.29, 1.82) is 0 Å². The molecule has 0 aliphatic rings. The Hall–Kier alpha value is -2.99. The first-order valence-electron chi connectivity index (χ1n) is 7.24. The van der Waals surface area contributed by atoms with E-state index in [9.17, 15) is 4.79 Å². The van der Waals surface area contributed by atoms with E-state index in [1.54, 1.807) is 42.7 Å². The van der Waals surface area contributed by atoms with Crippen LogP contribution < -0.4 is 10.6 Å². The van der Waals surface area contributed by atoms with Gasteiger partial charge in [0.25, 0.3) is 5.91 Å². The number of pyridine rings is 1. The molecule has 0 unspecified atom stereocenters. The highest BCUT2D eigenvalue weighted by Crippen LogP contribution is 2.21. The monoisotopic (exact) mass is 339 g/mol. The minimum atomic E-state index is -0.352. The van der Waals surface area contributed by atoms with Gasteiger partial charge in [-0.05, 0) is 29.8 Å². The summed E-state index contributed by atoms with van der Waals surface area (Å²) >= 11 is 6.04. The smallest absolute Gasteiger partial charge is 0.274 e. The highest BCUT2D eigenvalue weighted by atomic mass is 35.5. The number of benzene rings is 1. The van der Waals surface area contributed by atoms with E-state index in [0.717, 1.165) is 5.56 Å². The Labute approximate surface area is 143 Å². The lowest BCUT2D eigenvalue weighted by Crippen LogP contribution is -2.15. The fourth-order valence-electron chi connectivity index (χ4n) is 2.00. The van der Waals surface area contributed by atoms with E-state index in [1.807, 2.05) is 12.1 Å². The molecule has 0 bridgehead atoms. The van der Waals surface area contributed by atoms with E-state index in [1.165, 1.54) is 6.20 Å². The molecule has 0 radical (unpaired) electrons. The van der Waals surface area contributed by atoms with Crippen LogP contribution >= 0.6 is 11.6 Å². The van der Waals surface area contributed by atoms with E-state index < -0.39 is 0 Å². The molecule has 7 heteroatoms. The van der Waals surface area contributed by atoms with Crippen molar-refractivity contribution in [3.63, 3.8) is 0 Å². The Morgan fingerprint density at radius 2 is 1.96 bits per heavy atom. The molecule has 0 saturated heterocycles. The first kappa shape index (κ1) is 15.9. The zero-order chi connectivity index (χ0) is 16.8. The van der Waals surface area contributed by atoms with Crippen LogP contribution in [-0.2, 0) is 6.54 Å². The van der Waals surface area contributed by atoms with Crippen LogP contribution in [0.4, 0.5) is 11.6 Å². The number of nitrogens with one attached hydrogen (secondary N) is 2. The molecule has 0 aliphatic carbocycles. The predicted molar refractivity (Wildman–Crippen MR) is 93.0 cm³/mol. The first-order valence-corrected chi connectivity index (χ1v) is 7.62. The van der Waals surface area contributed by atoms with Crippen LogP contribution in [0.2, 0.25) is 5.02 Å². The van der Waals surface area contributed by atoms with Crippen LogP contribution in [-0.4, -0.2) is 20.9 Å². The number of anilines is 2. The van der Waals surface area contributed by atoms with Gasteiger partial charge in [0, 0.05) is 25.1 Å². The van der Waals surface area contributed by atoms with Crippen molar-refractivity contribution >= 4 is 29.1 Å². The molecule has 1 amide bonds. The van der Waals surface area contributed by atoms with Crippen molar-refractivity contribution in [3.8, 4) is 0 Å². The Bertz CT molecular complexity index is 841. The van der Waals surface area contributed by atoms with E-state index in [-0.39, 0.29) is 11.6 Å². The van der Waals surface area contributed by atoms with Crippen LogP contribution in [0.15, 0.2) is 61.1 Å². The summed E-state index contributed by atoms with van der Waals surface area (Å²) in [6.07, 6.45) is 4.99. The number of carbonyl (C=O) groups is 1. The summed E-state index contributed by atoms with van der Waals surface area (Å²) in [5, 5.41) is 6.26. The summed E-state index contributed by atoms with van der Waals surface area (Å²) < 4.78 is 0. The van der Waals surface area contributed by atoms with Crippen LogP contribution in [0.3, 0.4) is 0 Å². The Morgan fingerprint density at radius 3 is 2.75 bits per heavy atom. The molecule has 3 aromatic rings. The van der Waals surface area contributed by atoms with Gasteiger partial charge in [0.15, 0.2) is 0 Å². The lowest BCUT2D eigenvalue weighted by atomic mass is 10.3. The Balaban J connectivity index is 1.68. The summed E-state index contributed by atoms with van der Waals surface area (Å²) in [5.74, 6) is 0.0144. The molecule has 1 aromatic carbocycles. The molecule has 2 N–H and O–H groups in total. The van der Waals surface area contributed by atoms with Crippen molar-refractivity contribution in [2.75, 3.05) is 10.6 Å². The van der Waals surface area contributed by atoms with E-state index in [0.29, 0.717) is 23.2 Å². The number of aromatic nitrogens is 3. The molecule has 2 heterocycles. The summed E-state index contributed by atoms with van der Waals surface area (Å²) in [6, 6.07) is 12.4. The number of hydrogen-bond acceptors (Lipinski definition) is 5. The van der Waals surface area contributed by atoms with Gasteiger partial charge in [-0.3, -0.25) is 9.78 Å². The van der Waals surface area contributed by atoms with Crippen LogP contribution in [0, 0.1) is 0 Å². The van der Waals surface area contributed by atoms with Gasteiger partial charge in [0.2, 0.25) is 5.95 Å². The molecule has 0 fully saturated rings. The quantitative estimate of drug-likeness (QED) is 0.744. The molecule has 0 saturated carbocycles. The van der Waals surface area contributed by atoms with Crippen molar-refractivity contribution in [1.82, 2.24) is 15.0 Å². The normalized spacial score (nSPS) is 10.2. The third-order valence-corrected chi connectivity index (χ3v) is 3.51. The van der Waals surface area contributed by atoms with Gasteiger partial charge >= 0.3 is 0 Å². The summed E-state index contributed by atoms with van der Waals surface area (Å²) in [5.41, 5.74) is 1.78. The minimum Gasteiger partial charge on any atom is -0.350 e. The first-order chi connectivity index (χ1) is 11.7. The molecule has 6 nitrogen and oxygen atoms in total. The molecule has 3 rings (SSSR count). The maximum absolute atomic E-state index is 12.3. The second-order valence-electron chi connectivity index (χ2n) is 4.91. The number of halogens is 1. The molecule has 120 valence electrons. The second kappa shape index (κ2) is 7.52. The van der Waals surface area contributed by atoms with Crippen molar-refractivity contribution < 1.29 is 4.79 Å². The van der Waals surface area contributed by atoms with E-state index >= 15 is 0 Å². The zero-order valence-corrected chi connectivity index (χ0v) is 13.4. The number of amides is 1.